The Bertz CT molecular complexity index is 552. The molecule has 1 aliphatic heterocycles. The first-order valence-corrected chi connectivity index (χ1v) is 8.31. The number of aliphatic hydroxyl groups is 1. The second kappa shape index (κ2) is 5.81. The maximum atomic E-state index is 12.5. The fourth-order valence-electron chi connectivity index (χ4n) is 2.52. The Balaban J connectivity index is 2.21. The summed E-state index contributed by atoms with van der Waals surface area (Å²) in [6, 6.07) is 6.82. The molecule has 0 saturated carbocycles. The third-order valence-electron chi connectivity index (χ3n) is 3.63. The van der Waals surface area contributed by atoms with Gasteiger partial charge in [0.1, 0.15) is 0 Å². The van der Waals surface area contributed by atoms with Crippen LogP contribution < -0.4 is 5.73 Å². The lowest BCUT2D eigenvalue weighted by molar-refractivity contribution is 0.00940. The quantitative estimate of drug-likeness (QED) is 0.858. The van der Waals surface area contributed by atoms with Crippen molar-refractivity contribution in [3.05, 3.63) is 29.8 Å². The van der Waals surface area contributed by atoms with E-state index >= 15 is 0 Å². The number of nitrogens with zero attached hydrogens (tertiary/aromatic N) is 1. The predicted molar refractivity (Wildman–Crippen MR) is 77.8 cm³/mol. The topological polar surface area (TPSA) is 83.6 Å². The molecule has 112 valence electrons. The average Bonchev–Trinajstić information content (AvgIpc) is 2.38. The van der Waals surface area contributed by atoms with Gasteiger partial charge < -0.3 is 10.8 Å². The van der Waals surface area contributed by atoms with Crippen LogP contribution in [-0.2, 0) is 16.4 Å². The van der Waals surface area contributed by atoms with E-state index < -0.39 is 15.6 Å². The van der Waals surface area contributed by atoms with Gasteiger partial charge in [-0.15, -0.1) is 0 Å². The summed E-state index contributed by atoms with van der Waals surface area (Å²) in [7, 11) is -3.52. The lowest BCUT2D eigenvalue weighted by atomic mass is 9.97. The molecule has 20 heavy (non-hydrogen) atoms. The molecule has 0 aliphatic carbocycles. The molecule has 1 fully saturated rings. The minimum atomic E-state index is -3.52. The fourth-order valence-corrected chi connectivity index (χ4v) is 4.12. The number of rotatable bonds is 4. The van der Waals surface area contributed by atoms with Gasteiger partial charge in [-0.2, -0.15) is 4.31 Å². The second-order valence-electron chi connectivity index (χ2n) is 5.62. The monoisotopic (exact) mass is 298 g/mol. The van der Waals surface area contributed by atoms with Crippen LogP contribution in [0.1, 0.15) is 25.3 Å². The van der Waals surface area contributed by atoms with Gasteiger partial charge in [-0.25, -0.2) is 8.42 Å². The van der Waals surface area contributed by atoms with E-state index in [4.69, 9.17) is 5.73 Å². The minimum Gasteiger partial charge on any atom is -0.389 e. The number of hydrogen-bond donors (Lipinski definition) is 2. The van der Waals surface area contributed by atoms with Crippen LogP contribution in [-0.4, -0.2) is 43.1 Å². The Morgan fingerprint density at radius 1 is 1.35 bits per heavy atom. The van der Waals surface area contributed by atoms with E-state index in [1.807, 2.05) is 0 Å². The summed E-state index contributed by atoms with van der Waals surface area (Å²) >= 11 is 0. The van der Waals surface area contributed by atoms with E-state index in [0.717, 1.165) is 12.0 Å². The van der Waals surface area contributed by atoms with Crippen molar-refractivity contribution < 1.29 is 13.5 Å². The molecule has 1 aromatic rings. The Hall–Kier alpha value is -0.950. The van der Waals surface area contributed by atoms with Gasteiger partial charge in [0, 0.05) is 13.1 Å². The van der Waals surface area contributed by atoms with Crippen molar-refractivity contribution in [1.82, 2.24) is 4.31 Å². The second-order valence-corrected chi connectivity index (χ2v) is 7.56. The largest absolute Gasteiger partial charge is 0.389 e. The summed E-state index contributed by atoms with van der Waals surface area (Å²) in [5, 5.41) is 10.0. The van der Waals surface area contributed by atoms with Crippen molar-refractivity contribution in [2.45, 2.75) is 36.7 Å². The molecule has 0 radical (unpaired) electrons. The first kappa shape index (κ1) is 15.4. The number of nitrogens with two attached hydrogens (primary N) is 1. The predicted octanol–water partition coefficient (Wildman–Crippen LogP) is 0.723. The molecule has 1 aromatic carbocycles. The molecular weight excluding hydrogens is 276 g/mol. The lowest BCUT2D eigenvalue weighted by Crippen LogP contribution is -2.48. The van der Waals surface area contributed by atoms with Crippen molar-refractivity contribution in [1.29, 1.82) is 0 Å². The Morgan fingerprint density at radius 3 is 2.55 bits per heavy atom. The molecule has 6 heteroatoms. The number of piperidine rings is 1. The van der Waals surface area contributed by atoms with Crippen LogP contribution in [0.5, 0.6) is 0 Å². The van der Waals surface area contributed by atoms with Gasteiger partial charge in [0.15, 0.2) is 0 Å². The van der Waals surface area contributed by atoms with Crippen molar-refractivity contribution in [3.63, 3.8) is 0 Å². The maximum Gasteiger partial charge on any atom is 0.243 e. The van der Waals surface area contributed by atoms with Crippen molar-refractivity contribution in [3.8, 4) is 0 Å². The van der Waals surface area contributed by atoms with Crippen molar-refractivity contribution >= 4 is 10.0 Å². The maximum absolute atomic E-state index is 12.5. The number of sulfonamides is 1. The molecule has 0 bridgehead atoms. The van der Waals surface area contributed by atoms with Crippen LogP contribution in [0.15, 0.2) is 29.2 Å². The normalized spacial score (nSPS) is 24.8. The van der Waals surface area contributed by atoms with Crippen LogP contribution in [0.25, 0.3) is 0 Å². The average molecular weight is 298 g/mol. The number of β-amino-alcohol motifs (C(OH)–C–C–N with tert-alkyl or cyclic N) is 1. The third kappa shape index (κ3) is 3.38. The smallest absolute Gasteiger partial charge is 0.243 e. The molecule has 1 saturated heterocycles. The molecule has 2 rings (SSSR count). The molecule has 5 nitrogen and oxygen atoms in total. The highest BCUT2D eigenvalue weighted by atomic mass is 32.2. The van der Waals surface area contributed by atoms with Gasteiger partial charge in [0.05, 0.1) is 10.5 Å². The molecular formula is C14H22N2O3S. The van der Waals surface area contributed by atoms with Crippen LogP contribution in [0, 0.1) is 0 Å². The van der Waals surface area contributed by atoms with E-state index in [2.05, 4.69) is 0 Å². The fraction of sp³-hybridized carbons (Fsp3) is 0.571. The first-order valence-electron chi connectivity index (χ1n) is 6.87. The van der Waals surface area contributed by atoms with E-state index in [0.29, 0.717) is 25.9 Å². The van der Waals surface area contributed by atoms with E-state index in [1.54, 1.807) is 31.2 Å². The SMILES string of the molecule is CC1(O)CCCN(S(=O)(=O)c2ccc(CCN)cc2)C1. The Morgan fingerprint density at radius 2 is 2.00 bits per heavy atom. The summed E-state index contributed by atoms with van der Waals surface area (Å²) in [6.07, 6.45) is 2.05. The van der Waals surface area contributed by atoms with Crippen LogP contribution in [0.2, 0.25) is 0 Å². The van der Waals surface area contributed by atoms with Gasteiger partial charge in [-0.05, 0) is 50.4 Å². The van der Waals surface area contributed by atoms with Crippen LogP contribution in [0.4, 0.5) is 0 Å². The van der Waals surface area contributed by atoms with Crippen molar-refractivity contribution in [2.24, 2.45) is 5.73 Å². The first-order chi connectivity index (χ1) is 9.35. The van der Waals surface area contributed by atoms with Gasteiger partial charge >= 0.3 is 0 Å². The third-order valence-corrected chi connectivity index (χ3v) is 5.49. The molecule has 1 unspecified atom stereocenters. The minimum absolute atomic E-state index is 0.153. The Kier molecular flexibility index (Phi) is 4.49. The molecule has 0 amide bonds. The van der Waals surface area contributed by atoms with Gasteiger partial charge in [-0.1, -0.05) is 12.1 Å². The molecule has 3 N–H and O–H groups in total. The summed E-state index contributed by atoms with van der Waals surface area (Å²) in [5.74, 6) is 0. The molecule has 0 aromatic heterocycles. The zero-order chi connectivity index (χ0) is 14.8. The van der Waals surface area contributed by atoms with Gasteiger partial charge in [0.25, 0.3) is 0 Å². The molecule has 1 heterocycles. The molecule has 0 spiro atoms. The van der Waals surface area contributed by atoms with E-state index in [1.165, 1.54) is 4.31 Å². The number of benzene rings is 1. The van der Waals surface area contributed by atoms with E-state index in [-0.39, 0.29) is 11.4 Å². The standard InChI is InChI=1S/C14H22N2O3S/c1-14(17)8-2-10-16(11-14)20(18,19)13-5-3-12(4-6-13)7-9-15/h3-6,17H,2,7-11,15H2,1H3. The zero-order valence-electron chi connectivity index (χ0n) is 11.7. The highest BCUT2D eigenvalue weighted by molar-refractivity contribution is 7.89. The van der Waals surface area contributed by atoms with Crippen molar-refractivity contribution in [2.75, 3.05) is 19.6 Å². The van der Waals surface area contributed by atoms with E-state index in [9.17, 15) is 13.5 Å². The zero-order valence-corrected chi connectivity index (χ0v) is 12.6. The number of hydrogen-bond acceptors (Lipinski definition) is 4. The Labute approximate surface area is 120 Å². The summed E-state index contributed by atoms with van der Waals surface area (Å²) in [4.78, 5) is 0.274. The highest BCUT2D eigenvalue weighted by Gasteiger charge is 2.35. The van der Waals surface area contributed by atoms with Crippen LogP contribution in [0.3, 0.4) is 0 Å². The molecule has 1 aliphatic rings. The lowest BCUT2D eigenvalue weighted by Gasteiger charge is -2.35. The highest BCUT2D eigenvalue weighted by Crippen LogP contribution is 2.26. The van der Waals surface area contributed by atoms with Gasteiger partial charge in [0.2, 0.25) is 10.0 Å². The van der Waals surface area contributed by atoms with Crippen LogP contribution >= 0.6 is 0 Å². The summed E-state index contributed by atoms with van der Waals surface area (Å²) < 4.78 is 26.4. The molecule has 1 atom stereocenters. The van der Waals surface area contributed by atoms with Gasteiger partial charge in [-0.3, -0.25) is 0 Å². The summed E-state index contributed by atoms with van der Waals surface area (Å²) in [5.41, 5.74) is 5.56. The summed E-state index contributed by atoms with van der Waals surface area (Å²) in [6.45, 7) is 2.84.